The highest BCUT2D eigenvalue weighted by atomic mass is 16.7. The summed E-state index contributed by atoms with van der Waals surface area (Å²) in [5, 5.41) is 3.99. The first-order chi connectivity index (χ1) is 17.6. The Morgan fingerprint density at radius 3 is 2.44 bits per heavy atom. The number of methoxy groups -OCH3 is 2. The van der Waals surface area contributed by atoms with Crippen LogP contribution in [0, 0.1) is 0 Å². The zero-order valence-electron chi connectivity index (χ0n) is 20.8. The molecular formula is C30H32N2O4. The van der Waals surface area contributed by atoms with Crippen LogP contribution in [0.1, 0.15) is 34.5 Å². The summed E-state index contributed by atoms with van der Waals surface area (Å²) in [6, 6.07) is 25.4. The topological polar surface area (TPSA) is 63.9 Å². The van der Waals surface area contributed by atoms with E-state index in [2.05, 4.69) is 10.2 Å². The van der Waals surface area contributed by atoms with E-state index in [1.165, 1.54) is 12.8 Å². The number of carbonyl (C=O) groups is 1. The van der Waals surface area contributed by atoms with Gasteiger partial charge in [-0.2, -0.15) is 0 Å². The van der Waals surface area contributed by atoms with E-state index >= 15 is 0 Å². The fourth-order valence-electron chi connectivity index (χ4n) is 5.04. The Morgan fingerprint density at radius 2 is 1.69 bits per heavy atom. The molecule has 5 rings (SSSR count). The number of ether oxygens (including phenoxy) is 2. The van der Waals surface area contributed by atoms with Crippen molar-refractivity contribution in [3.8, 4) is 11.1 Å². The number of furan rings is 1. The van der Waals surface area contributed by atoms with Crippen molar-refractivity contribution in [2.75, 3.05) is 40.4 Å². The Hall–Kier alpha value is -3.45. The lowest BCUT2D eigenvalue weighted by atomic mass is 10.0. The van der Waals surface area contributed by atoms with Crippen LogP contribution in [-0.2, 0) is 15.3 Å². The maximum absolute atomic E-state index is 12.8. The molecule has 3 aromatic carbocycles. The molecule has 1 saturated heterocycles. The maximum atomic E-state index is 12.8. The molecule has 4 aromatic rings. The number of nitrogens with zero attached hydrogens (tertiary/aromatic N) is 1. The molecule has 1 amide bonds. The van der Waals surface area contributed by atoms with E-state index in [0.29, 0.717) is 23.5 Å². The molecule has 0 bridgehead atoms. The lowest BCUT2D eigenvalue weighted by molar-refractivity contribution is -0.194. The van der Waals surface area contributed by atoms with Gasteiger partial charge in [-0.25, -0.2) is 0 Å². The van der Waals surface area contributed by atoms with E-state index in [9.17, 15) is 4.79 Å². The van der Waals surface area contributed by atoms with Crippen molar-refractivity contribution in [1.82, 2.24) is 10.2 Å². The number of para-hydroxylation sites is 1. The smallest absolute Gasteiger partial charge is 0.255 e. The summed E-state index contributed by atoms with van der Waals surface area (Å²) < 4.78 is 18.2. The molecule has 1 aliphatic rings. The fourth-order valence-corrected chi connectivity index (χ4v) is 5.04. The third kappa shape index (κ3) is 4.67. The lowest BCUT2D eigenvalue weighted by Gasteiger charge is -2.29. The normalized spacial score (nSPS) is 14.4. The highest BCUT2D eigenvalue weighted by Crippen LogP contribution is 2.39. The van der Waals surface area contributed by atoms with E-state index in [1.807, 2.05) is 78.9 Å². The molecule has 0 atom stereocenters. The van der Waals surface area contributed by atoms with Crippen LogP contribution in [0.2, 0.25) is 0 Å². The van der Waals surface area contributed by atoms with Gasteiger partial charge in [-0.3, -0.25) is 4.79 Å². The molecule has 0 radical (unpaired) electrons. The predicted molar refractivity (Wildman–Crippen MR) is 141 cm³/mol. The molecule has 36 heavy (non-hydrogen) atoms. The van der Waals surface area contributed by atoms with Crippen LogP contribution in [0.15, 0.2) is 83.3 Å². The minimum absolute atomic E-state index is 0.0646. The van der Waals surface area contributed by atoms with Gasteiger partial charge in [0.05, 0.1) is 0 Å². The second-order valence-corrected chi connectivity index (χ2v) is 9.11. The van der Waals surface area contributed by atoms with Gasteiger partial charge in [-0.05, 0) is 49.7 Å². The average Bonchev–Trinajstić information content (AvgIpc) is 3.61. The molecular weight excluding hydrogens is 452 g/mol. The third-order valence-corrected chi connectivity index (χ3v) is 6.95. The number of likely N-dealkylation sites (tertiary alicyclic amines) is 1. The van der Waals surface area contributed by atoms with Gasteiger partial charge in [0.1, 0.15) is 5.58 Å². The molecule has 0 aliphatic carbocycles. The third-order valence-electron chi connectivity index (χ3n) is 6.95. The van der Waals surface area contributed by atoms with E-state index in [4.69, 9.17) is 13.9 Å². The van der Waals surface area contributed by atoms with E-state index in [-0.39, 0.29) is 5.91 Å². The number of rotatable bonds is 9. The second-order valence-electron chi connectivity index (χ2n) is 9.11. The van der Waals surface area contributed by atoms with Crippen LogP contribution in [0.4, 0.5) is 0 Å². The quantitative estimate of drug-likeness (QED) is 0.322. The summed E-state index contributed by atoms with van der Waals surface area (Å²) in [6.07, 6.45) is 2.49. The first-order valence-electron chi connectivity index (χ1n) is 12.4. The predicted octanol–water partition coefficient (Wildman–Crippen LogP) is 5.42. The molecule has 1 aromatic heterocycles. The molecule has 0 unspecified atom stereocenters. The highest BCUT2D eigenvalue weighted by molar-refractivity contribution is 5.98. The Bertz CT molecular complexity index is 1320. The van der Waals surface area contributed by atoms with Gasteiger partial charge in [0.2, 0.25) is 0 Å². The van der Waals surface area contributed by atoms with Crippen molar-refractivity contribution >= 4 is 16.9 Å². The Morgan fingerprint density at radius 1 is 0.944 bits per heavy atom. The Kier molecular flexibility index (Phi) is 7.18. The van der Waals surface area contributed by atoms with Crippen LogP contribution < -0.4 is 5.32 Å². The number of hydrogen-bond donors (Lipinski definition) is 1. The summed E-state index contributed by atoms with van der Waals surface area (Å²) in [5.74, 6) is -0.684. The zero-order chi connectivity index (χ0) is 25.0. The molecule has 186 valence electrons. The first kappa shape index (κ1) is 24.3. The van der Waals surface area contributed by atoms with Crippen molar-refractivity contribution in [2.45, 2.75) is 18.6 Å². The van der Waals surface area contributed by atoms with Gasteiger partial charge < -0.3 is 24.1 Å². The fraction of sp³-hybridized carbons (Fsp3) is 0.300. The van der Waals surface area contributed by atoms with Crippen LogP contribution in [0.25, 0.3) is 22.1 Å². The van der Waals surface area contributed by atoms with Crippen molar-refractivity contribution < 1.29 is 18.7 Å². The molecule has 1 fully saturated rings. The first-order valence-corrected chi connectivity index (χ1v) is 12.4. The van der Waals surface area contributed by atoms with Crippen LogP contribution in [0.5, 0.6) is 0 Å². The number of carbonyl (C=O) groups excluding carboxylic acids is 1. The maximum Gasteiger partial charge on any atom is 0.255 e. The van der Waals surface area contributed by atoms with Gasteiger partial charge in [-0.15, -0.1) is 0 Å². The number of amides is 1. The van der Waals surface area contributed by atoms with E-state index in [0.717, 1.165) is 41.7 Å². The van der Waals surface area contributed by atoms with E-state index < -0.39 is 5.79 Å². The summed E-state index contributed by atoms with van der Waals surface area (Å²) in [6.45, 7) is 3.79. The number of benzene rings is 3. The zero-order valence-corrected chi connectivity index (χ0v) is 20.8. The van der Waals surface area contributed by atoms with Gasteiger partial charge in [-0.1, -0.05) is 60.7 Å². The van der Waals surface area contributed by atoms with Gasteiger partial charge in [0.15, 0.2) is 5.76 Å². The van der Waals surface area contributed by atoms with E-state index in [1.54, 1.807) is 14.2 Å². The number of hydrogen-bond acceptors (Lipinski definition) is 5. The van der Waals surface area contributed by atoms with Crippen LogP contribution in [0.3, 0.4) is 0 Å². The molecule has 0 saturated carbocycles. The van der Waals surface area contributed by atoms with Crippen molar-refractivity contribution in [2.24, 2.45) is 0 Å². The summed E-state index contributed by atoms with van der Waals surface area (Å²) >= 11 is 0. The SMILES string of the molecule is COC(OC)(c1ccccc1)c1cc2cccc(-c3cccc(C(=O)NCCN4CCCC4)c3)c2o1. The van der Waals surface area contributed by atoms with Crippen molar-refractivity contribution in [3.05, 3.63) is 95.7 Å². The monoisotopic (exact) mass is 484 g/mol. The molecule has 6 heteroatoms. The number of nitrogens with one attached hydrogen (secondary N) is 1. The standard InChI is InChI=1S/C30H32N2O4/c1-34-30(35-2,25-13-4-3-5-14-25)27-21-23-11-9-15-26(28(23)36-27)22-10-8-12-24(20-22)29(33)31-16-19-32-17-6-7-18-32/h3-5,8-15,20-21H,6-7,16-19H2,1-2H3,(H,31,33). The van der Waals surface area contributed by atoms with Crippen LogP contribution in [-0.4, -0.2) is 51.2 Å². The summed E-state index contributed by atoms with van der Waals surface area (Å²) in [7, 11) is 3.22. The molecule has 6 nitrogen and oxygen atoms in total. The van der Waals surface area contributed by atoms with Gasteiger partial charge in [0.25, 0.3) is 11.7 Å². The Labute approximate surface area is 211 Å². The molecule has 1 aliphatic heterocycles. The molecule has 2 heterocycles. The largest absolute Gasteiger partial charge is 0.454 e. The van der Waals surface area contributed by atoms with Crippen molar-refractivity contribution in [3.63, 3.8) is 0 Å². The second kappa shape index (κ2) is 10.7. The molecule has 0 spiro atoms. The van der Waals surface area contributed by atoms with Gasteiger partial charge >= 0.3 is 0 Å². The minimum atomic E-state index is -1.17. The summed E-state index contributed by atoms with van der Waals surface area (Å²) in [4.78, 5) is 15.2. The molecule has 1 N–H and O–H groups in total. The average molecular weight is 485 g/mol. The van der Waals surface area contributed by atoms with Gasteiger partial charge in [0, 0.05) is 49.4 Å². The minimum Gasteiger partial charge on any atom is -0.454 e. The number of fused-ring (bicyclic) bond motifs is 1. The van der Waals surface area contributed by atoms with Crippen LogP contribution >= 0.6 is 0 Å². The highest BCUT2D eigenvalue weighted by Gasteiger charge is 2.38. The lowest BCUT2D eigenvalue weighted by Crippen LogP contribution is -2.33. The van der Waals surface area contributed by atoms with Crippen molar-refractivity contribution in [1.29, 1.82) is 0 Å². The summed E-state index contributed by atoms with van der Waals surface area (Å²) in [5.41, 5.74) is 4.00. The Balaban J connectivity index is 1.44.